The van der Waals surface area contributed by atoms with Crippen LogP contribution in [0.25, 0.3) is 0 Å². The molecule has 92 valence electrons. The highest BCUT2D eigenvalue weighted by Gasteiger charge is 2.14. The first-order valence-corrected chi connectivity index (χ1v) is 6.62. The highest BCUT2D eigenvalue weighted by molar-refractivity contribution is 7.11. The van der Waals surface area contributed by atoms with Gasteiger partial charge >= 0.3 is 0 Å². The van der Waals surface area contributed by atoms with Crippen molar-refractivity contribution in [1.82, 2.24) is 14.5 Å². The number of rotatable bonds is 5. The summed E-state index contributed by atoms with van der Waals surface area (Å²) in [6, 6.07) is 0. The second kappa shape index (κ2) is 5.42. The van der Waals surface area contributed by atoms with E-state index in [0.717, 1.165) is 28.7 Å². The Bertz CT molecular complexity index is 478. The first-order chi connectivity index (χ1) is 8.20. The molecular formula is C12H17N3OS. The second-order valence-corrected chi connectivity index (χ2v) is 5.30. The maximum Gasteiger partial charge on any atom is 0.111 e. The van der Waals surface area contributed by atoms with Gasteiger partial charge in [-0.3, -0.25) is 0 Å². The maximum atomic E-state index is 10.1. The van der Waals surface area contributed by atoms with Gasteiger partial charge in [-0.15, -0.1) is 11.3 Å². The van der Waals surface area contributed by atoms with Crippen LogP contribution in [0, 0.1) is 6.92 Å². The summed E-state index contributed by atoms with van der Waals surface area (Å²) in [5.41, 5.74) is 0. The molecule has 2 aromatic rings. The van der Waals surface area contributed by atoms with Crippen molar-refractivity contribution in [2.24, 2.45) is 0 Å². The van der Waals surface area contributed by atoms with Crippen molar-refractivity contribution in [3.63, 3.8) is 0 Å². The van der Waals surface area contributed by atoms with Gasteiger partial charge in [0, 0.05) is 31.6 Å². The molecule has 2 heterocycles. The van der Waals surface area contributed by atoms with Crippen LogP contribution in [0.15, 0.2) is 18.6 Å². The fraction of sp³-hybridized carbons (Fsp3) is 0.500. The lowest BCUT2D eigenvalue weighted by Crippen LogP contribution is -2.08. The molecule has 0 saturated carbocycles. The number of imidazole rings is 1. The van der Waals surface area contributed by atoms with Crippen molar-refractivity contribution in [2.45, 2.75) is 39.3 Å². The SMILES string of the molecule is CCCn1ccnc1CC(O)c1cnc(C)s1. The van der Waals surface area contributed by atoms with Crippen LogP contribution in [0.5, 0.6) is 0 Å². The fourth-order valence-electron chi connectivity index (χ4n) is 1.78. The molecule has 1 N–H and O–H groups in total. The minimum Gasteiger partial charge on any atom is -0.387 e. The topological polar surface area (TPSA) is 50.9 Å². The zero-order chi connectivity index (χ0) is 12.3. The third-order valence-electron chi connectivity index (χ3n) is 2.61. The van der Waals surface area contributed by atoms with E-state index in [1.807, 2.05) is 13.1 Å². The Morgan fingerprint density at radius 2 is 2.29 bits per heavy atom. The van der Waals surface area contributed by atoms with Crippen molar-refractivity contribution in [1.29, 1.82) is 0 Å². The molecule has 0 saturated heterocycles. The zero-order valence-corrected chi connectivity index (χ0v) is 10.9. The molecule has 0 fully saturated rings. The molecule has 4 nitrogen and oxygen atoms in total. The molecule has 5 heteroatoms. The van der Waals surface area contributed by atoms with Crippen LogP contribution >= 0.6 is 11.3 Å². The standard InChI is InChI=1S/C12H17N3OS/c1-3-5-15-6-4-13-12(15)7-10(16)11-8-14-9(2)17-11/h4,6,8,10,16H,3,5,7H2,1-2H3. The number of aliphatic hydroxyl groups is 1. The summed E-state index contributed by atoms with van der Waals surface area (Å²) in [6.07, 6.45) is 6.61. The Kier molecular flexibility index (Phi) is 3.91. The van der Waals surface area contributed by atoms with E-state index in [1.54, 1.807) is 12.4 Å². The Morgan fingerprint density at radius 1 is 1.47 bits per heavy atom. The third-order valence-corrected chi connectivity index (χ3v) is 3.62. The van der Waals surface area contributed by atoms with Crippen molar-refractivity contribution < 1.29 is 5.11 Å². The normalized spacial score (nSPS) is 12.9. The van der Waals surface area contributed by atoms with Crippen LogP contribution in [-0.2, 0) is 13.0 Å². The average Bonchev–Trinajstić information content (AvgIpc) is 2.89. The average molecular weight is 251 g/mol. The Labute approximate surface area is 105 Å². The van der Waals surface area contributed by atoms with Crippen LogP contribution in [0.2, 0.25) is 0 Å². The van der Waals surface area contributed by atoms with E-state index in [1.165, 1.54) is 11.3 Å². The highest BCUT2D eigenvalue weighted by atomic mass is 32.1. The van der Waals surface area contributed by atoms with E-state index in [9.17, 15) is 5.11 Å². The van der Waals surface area contributed by atoms with Gasteiger partial charge in [0.05, 0.1) is 16.0 Å². The molecule has 0 bridgehead atoms. The summed E-state index contributed by atoms with van der Waals surface area (Å²) in [4.78, 5) is 9.36. The molecule has 0 radical (unpaired) electrons. The quantitative estimate of drug-likeness (QED) is 0.887. The first-order valence-electron chi connectivity index (χ1n) is 5.81. The van der Waals surface area contributed by atoms with Gasteiger partial charge in [0.2, 0.25) is 0 Å². The number of hydrogen-bond acceptors (Lipinski definition) is 4. The van der Waals surface area contributed by atoms with Crippen molar-refractivity contribution in [3.8, 4) is 0 Å². The Balaban J connectivity index is 2.07. The van der Waals surface area contributed by atoms with E-state index in [2.05, 4.69) is 21.5 Å². The van der Waals surface area contributed by atoms with Crippen LogP contribution in [-0.4, -0.2) is 19.6 Å². The Hall–Kier alpha value is -1.20. The molecule has 2 aromatic heterocycles. The molecule has 0 aliphatic rings. The van der Waals surface area contributed by atoms with Crippen LogP contribution in [0.3, 0.4) is 0 Å². The molecule has 1 atom stereocenters. The van der Waals surface area contributed by atoms with Gasteiger partial charge in [-0.25, -0.2) is 9.97 Å². The van der Waals surface area contributed by atoms with Crippen LogP contribution in [0.1, 0.15) is 35.2 Å². The smallest absolute Gasteiger partial charge is 0.111 e. The van der Waals surface area contributed by atoms with Gasteiger partial charge in [-0.2, -0.15) is 0 Å². The first kappa shape index (κ1) is 12.3. The van der Waals surface area contributed by atoms with E-state index >= 15 is 0 Å². The summed E-state index contributed by atoms with van der Waals surface area (Å²) >= 11 is 1.54. The molecule has 0 amide bonds. The monoisotopic (exact) mass is 251 g/mol. The molecular weight excluding hydrogens is 234 g/mol. The predicted octanol–water partition coefficient (Wildman–Crippen LogP) is 2.33. The van der Waals surface area contributed by atoms with Gasteiger partial charge in [0.15, 0.2) is 0 Å². The molecule has 0 aliphatic heterocycles. The van der Waals surface area contributed by atoms with E-state index in [-0.39, 0.29) is 0 Å². The molecule has 0 aromatic carbocycles. The van der Waals surface area contributed by atoms with Gasteiger partial charge in [-0.1, -0.05) is 6.92 Å². The van der Waals surface area contributed by atoms with Crippen molar-refractivity contribution in [3.05, 3.63) is 34.3 Å². The van der Waals surface area contributed by atoms with E-state index in [4.69, 9.17) is 0 Å². The van der Waals surface area contributed by atoms with Gasteiger partial charge in [-0.05, 0) is 13.3 Å². The molecule has 2 rings (SSSR count). The lowest BCUT2D eigenvalue weighted by Gasteiger charge is -2.09. The lowest BCUT2D eigenvalue weighted by atomic mass is 10.2. The number of aliphatic hydroxyl groups excluding tert-OH is 1. The summed E-state index contributed by atoms with van der Waals surface area (Å²) < 4.78 is 2.09. The summed E-state index contributed by atoms with van der Waals surface area (Å²) in [5, 5.41) is 11.1. The minimum atomic E-state index is -0.501. The summed E-state index contributed by atoms with van der Waals surface area (Å²) in [7, 11) is 0. The van der Waals surface area contributed by atoms with Gasteiger partial charge < -0.3 is 9.67 Å². The van der Waals surface area contributed by atoms with Gasteiger partial charge in [0.1, 0.15) is 5.82 Å². The van der Waals surface area contributed by atoms with Gasteiger partial charge in [0.25, 0.3) is 0 Å². The summed E-state index contributed by atoms with van der Waals surface area (Å²) in [5.74, 6) is 0.936. The van der Waals surface area contributed by atoms with Crippen LogP contribution < -0.4 is 0 Å². The van der Waals surface area contributed by atoms with E-state index < -0.39 is 6.10 Å². The highest BCUT2D eigenvalue weighted by Crippen LogP contribution is 2.23. The number of hydrogen-bond donors (Lipinski definition) is 1. The largest absolute Gasteiger partial charge is 0.387 e. The minimum absolute atomic E-state index is 0.501. The number of nitrogens with zero attached hydrogens (tertiary/aromatic N) is 3. The third kappa shape index (κ3) is 2.92. The zero-order valence-electron chi connectivity index (χ0n) is 10.1. The molecule has 17 heavy (non-hydrogen) atoms. The fourth-order valence-corrected chi connectivity index (χ4v) is 2.55. The maximum absolute atomic E-state index is 10.1. The van der Waals surface area contributed by atoms with Crippen molar-refractivity contribution >= 4 is 11.3 Å². The molecule has 1 unspecified atom stereocenters. The second-order valence-electron chi connectivity index (χ2n) is 4.04. The number of thiazole rings is 1. The number of aryl methyl sites for hydroxylation is 2. The molecule has 0 spiro atoms. The Morgan fingerprint density at radius 3 is 2.94 bits per heavy atom. The molecule has 0 aliphatic carbocycles. The number of aromatic nitrogens is 3. The van der Waals surface area contributed by atoms with E-state index in [0.29, 0.717) is 6.42 Å². The van der Waals surface area contributed by atoms with Crippen molar-refractivity contribution in [2.75, 3.05) is 0 Å². The summed E-state index contributed by atoms with van der Waals surface area (Å²) in [6.45, 7) is 5.02. The lowest BCUT2D eigenvalue weighted by molar-refractivity contribution is 0.178. The predicted molar refractivity (Wildman–Crippen MR) is 68.0 cm³/mol. The van der Waals surface area contributed by atoms with Crippen LogP contribution in [0.4, 0.5) is 0 Å².